The van der Waals surface area contributed by atoms with Crippen molar-refractivity contribution in [3.63, 3.8) is 0 Å². The minimum atomic E-state index is -0.136. The number of rotatable bonds is 4. The Hall–Kier alpha value is -0.410. The number of nitrogens with one attached hydrogen (secondary N) is 1. The Morgan fingerprint density at radius 3 is 2.81 bits per heavy atom. The van der Waals surface area contributed by atoms with Crippen LogP contribution in [0.4, 0.5) is 4.39 Å². The normalized spacial score (nSPS) is 18.2. The molecule has 0 radical (unpaired) electrons. The van der Waals surface area contributed by atoms with Gasteiger partial charge in [0.1, 0.15) is 5.82 Å². The van der Waals surface area contributed by atoms with E-state index in [9.17, 15) is 4.39 Å². The van der Waals surface area contributed by atoms with Crippen LogP contribution in [0.25, 0.3) is 0 Å². The molecule has 0 aromatic heterocycles. The molecule has 0 amide bonds. The second-order valence-electron chi connectivity index (χ2n) is 4.60. The molecule has 0 spiro atoms. The van der Waals surface area contributed by atoms with E-state index in [0.29, 0.717) is 12.6 Å². The Morgan fingerprint density at radius 1 is 1.50 bits per heavy atom. The van der Waals surface area contributed by atoms with Crippen LogP contribution in [0.15, 0.2) is 22.7 Å². The van der Waals surface area contributed by atoms with Gasteiger partial charge in [0.2, 0.25) is 0 Å². The van der Waals surface area contributed by atoms with Gasteiger partial charge in [-0.2, -0.15) is 0 Å². The highest BCUT2D eigenvalue weighted by molar-refractivity contribution is 9.10. The standard InChI is InChI=1S/C13H17BrFN/c1-9(10-3-2-4-10)16-8-11-5-6-12(14)7-13(11)15/h5-7,9-10,16H,2-4,8H2,1H3. The maximum Gasteiger partial charge on any atom is 0.128 e. The highest BCUT2D eigenvalue weighted by atomic mass is 79.9. The van der Waals surface area contributed by atoms with E-state index in [4.69, 9.17) is 0 Å². The third-order valence-corrected chi connectivity index (χ3v) is 3.98. The summed E-state index contributed by atoms with van der Waals surface area (Å²) in [6.07, 6.45) is 3.98. The second-order valence-corrected chi connectivity index (χ2v) is 5.51. The first-order chi connectivity index (χ1) is 7.66. The Morgan fingerprint density at radius 2 is 2.25 bits per heavy atom. The molecule has 1 aliphatic carbocycles. The summed E-state index contributed by atoms with van der Waals surface area (Å²) in [4.78, 5) is 0. The van der Waals surface area contributed by atoms with E-state index < -0.39 is 0 Å². The molecule has 1 saturated carbocycles. The fourth-order valence-corrected chi connectivity index (χ4v) is 2.38. The molecular formula is C13H17BrFN. The summed E-state index contributed by atoms with van der Waals surface area (Å²) >= 11 is 3.26. The van der Waals surface area contributed by atoms with E-state index in [0.717, 1.165) is 16.0 Å². The van der Waals surface area contributed by atoms with Crippen molar-refractivity contribution < 1.29 is 4.39 Å². The lowest BCUT2D eigenvalue weighted by atomic mass is 9.80. The zero-order valence-electron chi connectivity index (χ0n) is 9.47. The maximum absolute atomic E-state index is 13.5. The molecule has 3 heteroatoms. The van der Waals surface area contributed by atoms with Crippen LogP contribution in [0, 0.1) is 11.7 Å². The van der Waals surface area contributed by atoms with Crippen molar-refractivity contribution >= 4 is 15.9 Å². The molecule has 2 rings (SSSR count). The van der Waals surface area contributed by atoms with Gasteiger partial charge in [0, 0.05) is 22.6 Å². The summed E-state index contributed by atoms with van der Waals surface area (Å²) in [6.45, 7) is 2.82. The quantitative estimate of drug-likeness (QED) is 0.886. The van der Waals surface area contributed by atoms with Gasteiger partial charge in [0.05, 0.1) is 0 Å². The van der Waals surface area contributed by atoms with E-state index in [2.05, 4.69) is 28.2 Å². The molecule has 1 aromatic carbocycles. The summed E-state index contributed by atoms with van der Waals surface area (Å²) < 4.78 is 14.3. The van der Waals surface area contributed by atoms with E-state index >= 15 is 0 Å². The first-order valence-corrected chi connectivity index (χ1v) is 6.63. The molecule has 1 nitrogen and oxygen atoms in total. The van der Waals surface area contributed by atoms with Gasteiger partial charge in [-0.15, -0.1) is 0 Å². The van der Waals surface area contributed by atoms with Gasteiger partial charge < -0.3 is 5.32 Å². The van der Waals surface area contributed by atoms with Crippen molar-refractivity contribution in [2.24, 2.45) is 5.92 Å². The van der Waals surface area contributed by atoms with Crippen molar-refractivity contribution in [2.45, 2.75) is 38.8 Å². The fourth-order valence-electron chi connectivity index (χ4n) is 2.04. The van der Waals surface area contributed by atoms with Gasteiger partial charge in [0.25, 0.3) is 0 Å². The smallest absolute Gasteiger partial charge is 0.128 e. The molecule has 1 atom stereocenters. The number of benzene rings is 1. The summed E-state index contributed by atoms with van der Waals surface area (Å²) in [7, 11) is 0. The minimum Gasteiger partial charge on any atom is -0.310 e. The van der Waals surface area contributed by atoms with E-state index in [-0.39, 0.29) is 5.82 Å². The van der Waals surface area contributed by atoms with Gasteiger partial charge in [-0.3, -0.25) is 0 Å². The van der Waals surface area contributed by atoms with Gasteiger partial charge in [-0.1, -0.05) is 28.4 Å². The molecule has 1 N–H and O–H groups in total. The Balaban J connectivity index is 1.88. The number of hydrogen-bond donors (Lipinski definition) is 1. The first-order valence-electron chi connectivity index (χ1n) is 5.84. The van der Waals surface area contributed by atoms with Gasteiger partial charge in [0.15, 0.2) is 0 Å². The lowest BCUT2D eigenvalue weighted by Crippen LogP contribution is -2.36. The molecule has 0 heterocycles. The zero-order valence-corrected chi connectivity index (χ0v) is 11.1. The third kappa shape index (κ3) is 2.83. The van der Waals surface area contributed by atoms with E-state index in [1.165, 1.54) is 25.3 Å². The van der Waals surface area contributed by atoms with Crippen LogP contribution in [0.3, 0.4) is 0 Å². The molecule has 0 bridgehead atoms. The van der Waals surface area contributed by atoms with Crippen molar-refractivity contribution in [1.82, 2.24) is 5.32 Å². The van der Waals surface area contributed by atoms with E-state index in [1.807, 2.05) is 12.1 Å². The lowest BCUT2D eigenvalue weighted by Gasteiger charge is -2.32. The van der Waals surface area contributed by atoms with Crippen LogP contribution in [0.1, 0.15) is 31.7 Å². The van der Waals surface area contributed by atoms with Crippen molar-refractivity contribution in [1.29, 1.82) is 0 Å². The van der Waals surface area contributed by atoms with Crippen molar-refractivity contribution in [3.8, 4) is 0 Å². The molecule has 16 heavy (non-hydrogen) atoms. The van der Waals surface area contributed by atoms with Crippen LogP contribution >= 0.6 is 15.9 Å². The van der Waals surface area contributed by atoms with Crippen molar-refractivity contribution in [2.75, 3.05) is 0 Å². The maximum atomic E-state index is 13.5. The van der Waals surface area contributed by atoms with Gasteiger partial charge >= 0.3 is 0 Å². The van der Waals surface area contributed by atoms with Crippen LogP contribution in [-0.2, 0) is 6.54 Å². The first kappa shape index (κ1) is 12.1. The summed E-state index contributed by atoms with van der Waals surface area (Å²) in [6, 6.07) is 5.73. The summed E-state index contributed by atoms with van der Waals surface area (Å²) in [5.74, 6) is 0.654. The SMILES string of the molecule is CC(NCc1ccc(Br)cc1F)C1CCC1. The third-order valence-electron chi connectivity index (χ3n) is 3.49. The summed E-state index contributed by atoms with van der Waals surface area (Å²) in [5.41, 5.74) is 0.745. The number of halogens is 2. The monoisotopic (exact) mass is 285 g/mol. The largest absolute Gasteiger partial charge is 0.310 e. The predicted octanol–water partition coefficient (Wildman–Crippen LogP) is 3.87. The minimum absolute atomic E-state index is 0.136. The van der Waals surface area contributed by atoms with Gasteiger partial charge in [-0.25, -0.2) is 4.39 Å². The van der Waals surface area contributed by atoms with Crippen LogP contribution < -0.4 is 5.32 Å². The highest BCUT2D eigenvalue weighted by Crippen LogP contribution is 2.29. The Bertz CT molecular complexity index is 363. The summed E-state index contributed by atoms with van der Waals surface area (Å²) in [5, 5.41) is 3.41. The Kier molecular flexibility index (Phi) is 3.98. The highest BCUT2D eigenvalue weighted by Gasteiger charge is 2.23. The average molecular weight is 286 g/mol. The second kappa shape index (κ2) is 5.28. The molecule has 1 unspecified atom stereocenters. The molecule has 1 aliphatic rings. The lowest BCUT2D eigenvalue weighted by molar-refractivity contribution is 0.239. The molecule has 1 aromatic rings. The predicted molar refractivity (Wildman–Crippen MR) is 67.7 cm³/mol. The average Bonchev–Trinajstić information content (AvgIpc) is 2.13. The molecule has 1 fully saturated rings. The van der Waals surface area contributed by atoms with Gasteiger partial charge in [-0.05, 0) is 37.8 Å². The van der Waals surface area contributed by atoms with Crippen LogP contribution in [0.5, 0.6) is 0 Å². The molecular weight excluding hydrogens is 269 g/mol. The van der Waals surface area contributed by atoms with Crippen LogP contribution in [-0.4, -0.2) is 6.04 Å². The van der Waals surface area contributed by atoms with E-state index in [1.54, 1.807) is 0 Å². The fraction of sp³-hybridized carbons (Fsp3) is 0.538. The Labute approximate surface area is 105 Å². The molecule has 0 saturated heterocycles. The zero-order chi connectivity index (χ0) is 11.5. The topological polar surface area (TPSA) is 12.0 Å². The van der Waals surface area contributed by atoms with Crippen molar-refractivity contribution in [3.05, 3.63) is 34.1 Å². The number of hydrogen-bond acceptors (Lipinski definition) is 1. The van der Waals surface area contributed by atoms with Crippen LogP contribution in [0.2, 0.25) is 0 Å². The molecule has 88 valence electrons. The molecule has 0 aliphatic heterocycles.